The Labute approximate surface area is 195 Å². The van der Waals surface area contributed by atoms with Crippen LogP contribution in [0.25, 0.3) is 11.1 Å². The maximum Gasteiger partial charge on any atom is 0.337 e. The fraction of sp³-hybridized carbons (Fsp3) is 0.174. The first kappa shape index (κ1) is 24.1. The van der Waals surface area contributed by atoms with Crippen molar-refractivity contribution < 1.29 is 23.4 Å². The van der Waals surface area contributed by atoms with Gasteiger partial charge in [0.2, 0.25) is 5.75 Å². The summed E-state index contributed by atoms with van der Waals surface area (Å²) in [6.45, 7) is 0. The average Bonchev–Trinajstić information content (AvgIpc) is 2.86. The van der Waals surface area contributed by atoms with Crippen molar-refractivity contribution in [1.82, 2.24) is 10.4 Å². The minimum Gasteiger partial charge on any atom is -0.493 e. The number of nitrogens with one attached hydrogen (secondary N) is 5. The number of urea groups is 1. The molecule has 0 aliphatic rings. The molecule has 0 saturated heterocycles. The Balaban J connectivity index is 1.81. The molecule has 2 amide bonds. The fourth-order valence-electron chi connectivity index (χ4n) is 3.26. The van der Waals surface area contributed by atoms with E-state index < -0.39 is 6.03 Å². The lowest BCUT2D eigenvalue weighted by atomic mass is 10.0. The normalized spacial score (nSPS) is 10.1. The zero-order valence-corrected chi connectivity index (χ0v) is 19.1. The summed E-state index contributed by atoms with van der Waals surface area (Å²) in [6, 6.07) is 10.1. The van der Waals surface area contributed by atoms with Crippen LogP contribution in [0.4, 0.5) is 26.5 Å². The van der Waals surface area contributed by atoms with Crippen LogP contribution in [0.2, 0.25) is 0 Å². The number of anilines is 3. The number of amides is 2. The third-order valence-electron chi connectivity index (χ3n) is 4.82. The monoisotopic (exact) mass is 468 g/mol. The third kappa shape index (κ3) is 5.26. The number of pyridine rings is 1. The summed E-state index contributed by atoms with van der Waals surface area (Å²) in [5, 5.41) is 13.4. The lowest BCUT2D eigenvalue weighted by Crippen LogP contribution is -2.34. The minimum absolute atomic E-state index is 0.300. The van der Waals surface area contributed by atoms with E-state index in [0.29, 0.717) is 51.3 Å². The van der Waals surface area contributed by atoms with Crippen molar-refractivity contribution in [3.05, 3.63) is 53.8 Å². The number of benzene rings is 2. The SMILES string of the molecule is CNc1nc(NNC(=O)Nc2cc(OC)c(OC)c(OC)c2)cc(-c2ccc(F)cc2)c1C=N. The van der Waals surface area contributed by atoms with Gasteiger partial charge in [-0.25, -0.2) is 14.2 Å². The second kappa shape index (κ2) is 10.9. The van der Waals surface area contributed by atoms with Crippen LogP contribution in [0, 0.1) is 11.2 Å². The Morgan fingerprint density at radius 1 is 1.03 bits per heavy atom. The number of halogens is 1. The summed E-state index contributed by atoms with van der Waals surface area (Å²) < 4.78 is 29.2. The molecular weight excluding hydrogens is 443 g/mol. The van der Waals surface area contributed by atoms with Crippen LogP contribution in [0.3, 0.4) is 0 Å². The lowest BCUT2D eigenvalue weighted by Gasteiger charge is -2.16. The number of methoxy groups -OCH3 is 3. The molecule has 0 spiro atoms. The summed E-state index contributed by atoms with van der Waals surface area (Å²) in [7, 11) is 6.10. The summed E-state index contributed by atoms with van der Waals surface area (Å²) in [5.41, 5.74) is 7.48. The average molecular weight is 468 g/mol. The highest BCUT2D eigenvalue weighted by atomic mass is 19.1. The van der Waals surface area contributed by atoms with Gasteiger partial charge in [-0.1, -0.05) is 12.1 Å². The molecule has 3 rings (SSSR count). The Morgan fingerprint density at radius 2 is 1.68 bits per heavy atom. The molecule has 5 N–H and O–H groups in total. The van der Waals surface area contributed by atoms with Gasteiger partial charge in [-0.3, -0.25) is 10.9 Å². The number of rotatable bonds is 9. The molecule has 10 nitrogen and oxygen atoms in total. The smallest absolute Gasteiger partial charge is 0.337 e. The maximum absolute atomic E-state index is 13.4. The second-order valence-corrected chi connectivity index (χ2v) is 6.84. The van der Waals surface area contributed by atoms with Gasteiger partial charge in [-0.2, -0.15) is 0 Å². The first-order valence-electron chi connectivity index (χ1n) is 10.1. The molecule has 1 aromatic heterocycles. The zero-order valence-electron chi connectivity index (χ0n) is 19.1. The molecular formula is C23H25FN6O4. The van der Waals surface area contributed by atoms with Gasteiger partial charge < -0.3 is 30.3 Å². The fourth-order valence-corrected chi connectivity index (χ4v) is 3.26. The van der Waals surface area contributed by atoms with Gasteiger partial charge in [0.1, 0.15) is 17.5 Å². The molecule has 3 aromatic rings. The van der Waals surface area contributed by atoms with Crippen LogP contribution in [0.5, 0.6) is 17.2 Å². The van der Waals surface area contributed by atoms with Crippen molar-refractivity contribution in [2.24, 2.45) is 0 Å². The summed E-state index contributed by atoms with van der Waals surface area (Å²) in [6.07, 6.45) is 1.16. The Morgan fingerprint density at radius 3 is 2.21 bits per heavy atom. The molecule has 0 saturated carbocycles. The van der Waals surface area contributed by atoms with E-state index in [4.69, 9.17) is 19.6 Å². The highest BCUT2D eigenvalue weighted by Crippen LogP contribution is 2.39. The number of hydrogen-bond donors (Lipinski definition) is 5. The van der Waals surface area contributed by atoms with Crippen LogP contribution in [-0.4, -0.2) is 45.6 Å². The van der Waals surface area contributed by atoms with Crippen molar-refractivity contribution in [3.8, 4) is 28.4 Å². The second-order valence-electron chi connectivity index (χ2n) is 6.84. The van der Waals surface area contributed by atoms with Crippen molar-refractivity contribution in [2.75, 3.05) is 44.4 Å². The number of hydrogen-bond acceptors (Lipinski definition) is 8. The van der Waals surface area contributed by atoms with Crippen molar-refractivity contribution in [3.63, 3.8) is 0 Å². The number of nitrogens with zero attached hydrogens (tertiary/aromatic N) is 1. The predicted molar refractivity (Wildman–Crippen MR) is 129 cm³/mol. The molecule has 0 aliphatic heterocycles. The Kier molecular flexibility index (Phi) is 7.70. The van der Waals surface area contributed by atoms with Crippen molar-refractivity contribution >= 4 is 29.6 Å². The van der Waals surface area contributed by atoms with Crippen LogP contribution in [0.1, 0.15) is 5.56 Å². The quantitative estimate of drug-likeness (QED) is 0.236. The maximum atomic E-state index is 13.4. The molecule has 0 fully saturated rings. The molecule has 0 radical (unpaired) electrons. The van der Waals surface area contributed by atoms with Gasteiger partial charge in [0.25, 0.3) is 0 Å². The Bertz CT molecular complexity index is 1160. The molecule has 178 valence electrons. The van der Waals surface area contributed by atoms with E-state index in [9.17, 15) is 9.18 Å². The van der Waals surface area contributed by atoms with Gasteiger partial charge in [-0.15, -0.1) is 0 Å². The van der Waals surface area contributed by atoms with E-state index in [1.807, 2.05) is 0 Å². The van der Waals surface area contributed by atoms with Gasteiger partial charge >= 0.3 is 6.03 Å². The van der Waals surface area contributed by atoms with E-state index in [2.05, 4.69) is 26.5 Å². The van der Waals surface area contributed by atoms with Gasteiger partial charge in [-0.05, 0) is 29.3 Å². The zero-order chi connectivity index (χ0) is 24.7. The summed E-state index contributed by atoms with van der Waals surface area (Å²) in [5.74, 6) is 1.51. The van der Waals surface area contributed by atoms with E-state index in [1.165, 1.54) is 33.5 Å². The third-order valence-corrected chi connectivity index (χ3v) is 4.82. The number of ether oxygens (including phenoxy) is 3. The van der Waals surface area contributed by atoms with Gasteiger partial charge in [0.15, 0.2) is 11.5 Å². The predicted octanol–water partition coefficient (Wildman–Crippen LogP) is 4.10. The van der Waals surface area contributed by atoms with Gasteiger partial charge in [0.05, 0.1) is 27.0 Å². The molecule has 2 aromatic carbocycles. The highest BCUT2D eigenvalue weighted by molar-refractivity contribution is 5.96. The number of carbonyl (C=O) groups is 1. The van der Waals surface area contributed by atoms with Crippen LogP contribution in [0.15, 0.2) is 42.5 Å². The van der Waals surface area contributed by atoms with Crippen molar-refractivity contribution in [1.29, 1.82) is 5.41 Å². The Hall–Kier alpha value is -4.54. The molecule has 0 bridgehead atoms. The van der Waals surface area contributed by atoms with Crippen LogP contribution in [-0.2, 0) is 0 Å². The molecule has 11 heteroatoms. The number of hydrazine groups is 1. The molecule has 0 unspecified atom stereocenters. The van der Waals surface area contributed by atoms with Gasteiger partial charge in [0, 0.05) is 31.0 Å². The van der Waals surface area contributed by atoms with Crippen LogP contribution >= 0.6 is 0 Å². The van der Waals surface area contributed by atoms with Crippen LogP contribution < -0.4 is 35.7 Å². The highest BCUT2D eigenvalue weighted by Gasteiger charge is 2.16. The van der Waals surface area contributed by atoms with E-state index in [0.717, 1.165) is 6.21 Å². The number of aromatic nitrogens is 1. The van der Waals surface area contributed by atoms with E-state index in [1.54, 1.807) is 37.4 Å². The topological polar surface area (TPSA) is 130 Å². The van der Waals surface area contributed by atoms with E-state index in [-0.39, 0.29) is 5.82 Å². The summed E-state index contributed by atoms with van der Waals surface area (Å²) >= 11 is 0. The minimum atomic E-state index is -0.582. The standard InChI is InChI=1S/C23H25FN6O4/c1-26-22-17(12-25)16(13-5-7-14(24)8-6-13)11-20(28-22)29-30-23(31)27-15-9-18(32-2)21(34-4)19(10-15)33-3/h5-12,25H,1-4H3,(H2,26,28,29)(H2,27,30,31). The first-order valence-corrected chi connectivity index (χ1v) is 10.1. The summed E-state index contributed by atoms with van der Waals surface area (Å²) in [4.78, 5) is 16.9. The molecule has 0 aliphatic carbocycles. The molecule has 1 heterocycles. The lowest BCUT2D eigenvalue weighted by molar-refractivity contribution is 0.253. The largest absolute Gasteiger partial charge is 0.493 e. The number of carbonyl (C=O) groups excluding carboxylic acids is 1. The van der Waals surface area contributed by atoms with Crippen molar-refractivity contribution in [2.45, 2.75) is 0 Å². The molecule has 0 atom stereocenters. The first-order chi connectivity index (χ1) is 16.4. The van der Waals surface area contributed by atoms with E-state index >= 15 is 0 Å². The molecule has 34 heavy (non-hydrogen) atoms.